The molecule has 0 spiro atoms. The van der Waals surface area contributed by atoms with Gasteiger partial charge in [-0.25, -0.2) is 0 Å². The number of amides is 2. The molecular weight excluding hydrogens is 386 g/mol. The Hall–Kier alpha value is -2.64. The molecule has 0 aliphatic heterocycles. The van der Waals surface area contributed by atoms with Crippen LogP contribution in [-0.2, 0) is 4.79 Å². The molecule has 1 saturated carbocycles. The Bertz CT molecular complexity index is 1020. The van der Waals surface area contributed by atoms with Crippen molar-refractivity contribution in [3.8, 4) is 5.75 Å². The number of ether oxygens (including phenoxy) is 1. The van der Waals surface area contributed by atoms with Crippen LogP contribution in [0.2, 0.25) is 5.02 Å². The first-order valence-electron chi connectivity index (χ1n) is 8.46. The second-order valence-corrected chi connectivity index (χ2v) is 7.52. The quantitative estimate of drug-likeness (QED) is 0.657. The van der Waals surface area contributed by atoms with Gasteiger partial charge in [-0.2, -0.15) is 0 Å². The van der Waals surface area contributed by atoms with E-state index in [1.807, 2.05) is 6.07 Å². The molecule has 0 unspecified atom stereocenters. The molecule has 1 fully saturated rings. The Morgan fingerprint density at radius 3 is 2.93 bits per heavy atom. The predicted molar refractivity (Wildman–Crippen MR) is 106 cm³/mol. The summed E-state index contributed by atoms with van der Waals surface area (Å²) in [5.41, 5.74) is 1.07. The number of anilines is 1. The first kappa shape index (κ1) is 17.8. The smallest absolute Gasteiger partial charge is 0.262 e. The number of thiophene rings is 1. The normalized spacial score (nSPS) is 13.4. The fraction of sp³-hybridized carbons (Fsp3) is 0.211. The molecule has 1 aliphatic carbocycles. The lowest BCUT2D eigenvalue weighted by Gasteiger charge is -2.10. The second kappa shape index (κ2) is 7.54. The highest BCUT2D eigenvalue weighted by Crippen LogP contribution is 2.30. The van der Waals surface area contributed by atoms with Gasteiger partial charge in [-0.1, -0.05) is 11.6 Å². The first-order valence-corrected chi connectivity index (χ1v) is 9.72. The number of carbonyl (C=O) groups excluding carboxylic acids is 2. The average Bonchev–Trinajstić information content (AvgIpc) is 3.36. The monoisotopic (exact) mass is 401 g/mol. The fourth-order valence-corrected chi connectivity index (χ4v) is 3.63. The Morgan fingerprint density at radius 2 is 2.11 bits per heavy atom. The highest BCUT2D eigenvalue weighted by atomic mass is 35.5. The first-order chi connectivity index (χ1) is 13.1. The summed E-state index contributed by atoms with van der Waals surface area (Å²) in [6.07, 6.45) is 3.66. The van der Waals surface area contributed by atoms with E-state index in [2.05, 4.69) is 15.6 Å². The zero-order chi connectivity index (χ0) is 18.8. The summed E-state index contributed by atoms with van der Waals surface area (Å²) in [5, 5.41) is 9.27. The van der Waals surface area contributed by atoms with Crippen molar-refractivity contribution >= 4 is 50.7 Å². The number of nitrogens with one attached hydrogen (secondary N) is 2. The van der Waals surface area contributed by atoms with Crippen LogP contribution < -0.4 is 15.4 Å². The van der Waals surface area contributed by atoms with Crippen LogP contribution in [0.4, 0.5) is 5.00 Å². The van der Waals surface area contributed by atoms with E-state index in [1.165, 1.54) is 11.3 Å². The minimum atomic E-state index is -0.350. The molecule has 3 aromatic rings. The third-order valence-electron chi connectivity index (χ3n) is 4.11. The van der Waals surface area contributed by atoms with Crippen molar-refractivity contribution in [3.05, 3.63) is 52.5 Å². The topological polar surface area (TPSA) is 80.3 Å². The number of halogens is 1. The lowest BCUT2D eigenvalue weighted by atomic mass is 10.2. The molecule has 8 heteroatoms. The minimum Gasteiger partial charge on any atom is -0.481 e. The lowest BCUT2D eigenvalue weighted by Crippen LogP contribution is -2.27. The zero-order valence-corrected chi connectivity index (χ0v) is 15.8. The van der Waals surface area contributed by atoms with Gasteiger partial charge in [0.05, 0.1) is 10.6 Å². The van der Waals surface area contributed by atoms with Crippen molar-refractivity contribution in [2.24, 2.45) is 0 Å². The van der Waals surface area contributed by atoms with Gasteiger partial charge >= 0.3 is 0 Å². The maximum absolute atomic E-state index is 12.3. The summed E-state index contributed by atoms with van der Waals surface area (Å²) < 4.78 is 5.63. The molecule has 4 rings (SSSR count). The van der Waals surface area contributed by atoms with E-state index in [0.29, 0.717) is 26.9 Å². The number of nitrogens with zero attached hydrogens (tertiary/aromatic N) is 1. The Kier molecular flexibility index (Phi) is 4.96. The highest BCUT2D eigenvalue weighted by Gasteiger charge is 2.25. The molecule has 0 radical (unpaired) electrons. The van der Waals surface area contributed by atoms with Gasteiger partial charge < -0.3 is 15.4 Å². The minimum absolute atomic E-state index is 0.164. The largest absolute Gasteiger partial charge is 0.481 e. The number of carbonyl (C=O) groups is 2. The SMILES string of the molecule is O=C(COc1ccc(Cl)c2cccnc12)Nc1sccc1C(=O)NC1CC1. The number of hydrogen-bond acceptors (Lipinski definition) is 5. The van der Waals surface area contributed by atoms with Crippen LogP contribution in [0.15, 0.2) is 41.9 Å². The number of fused-ring (bicyclic) bond motifs is 1. The number of pyridine rings is 1. The molecule has 0 atom stereocenters. The fourth-order valence-electron chi connectivity index (χ4n) is 2.61. The average molecular weight is 402 g/mol. The van der Waals surface area contributed by atoms with Crippen LogP contribution in [0.5, 0.6) is 5.75 Å². The molecule has 0 bridgehead atoms. The van der Waals surface area contributed by atoms with Crippen LogP contribution in [0.3, 0.4) is 0 Å². The third kappa shape index (κ3) is 4.04. The third-order valence-corrected chi connectivity index (χ3v) is 5.27. The van der Waals surface area contributed by atoms with Crippen molar-refractivity contribution < 1.29 is 14.3 Å². The number of hydrogen-bond donors (Lipinski definition) is 2. The standard InChI is InChI=1S/C19H16ClN3O3S/c20-14-5-6-15(17-12(14)2-1-8-21-17)26-10-16(24)23-19-13(7-9-27-19)18(25)22-11-3-4-11/h1-2,5-9,11H,3-4,10H2,(H,22,25)(H,23,24). The molecule has 2 aromatic heterocycles. The number of aromatic nitrogens is 1. The Balaban J connectivity index is 1.42. The van der Waals surface area contributed by atoms with Crippen molar-refractivity contribution in [1.82, 2.24) is 10.3 Å². The maximum Gasteiger partial charge on any atom is 0.262 e. The summed E-state index contributed by atoms with van der Waals surface area (Å²) in [7, 11) is 0. The van der Waals surface area contributed by atoms with Crippen molar-refractivity contribution in [1.29, 1.82) is 0 Å². The van der Waals surface area contributed by atoms with E-state index in [4.69, 9.17) is 16.3 Å². The Labute approximate surface area is 164 Å². The predicted octanol–water partition coefficient (Wildman–Crippen LogP) is 3.86. The number of rotatable bonds is 6. The van der Waals surface area contributed by atoms with Crippen LogP contribution in [-0.4, -0.2) is 29.4 Å². The van der Waals surface area contributed by atoms with Gasteiger partial charge in [0.1, 0.15) is 16.3 Å². The molecule has 2 heterocycles. The maximum atomic E-state index is 12.3. The summed E-state index contributed by atoms with van der Waals surface area (Å²) in [5.74, 6) is -0.0390. The summed E-state index contributed by atoms with van der Waals surface area (Å²) in [6, 6.07) is 8.98. The van der Waals surface area contributed by atoms with E-state index in [9.17, 15) is 9.59 Å². The van der Waals surface area contributed by atoms with Gasteiger partial charge in [0, 0.05) is 17.6 Å². The van der Waals surface area contributed by atoms with Gasteiger partial charge in [0.25, 0.3) is 11.8 Å². The summed E-state index contributed by atoms with van der Waals surface area (Å²) in [6.45, 7) is -0.200. The molecule has 2 N–H and O–H groups in total. The van der Waals surface area contributed by atoms with Crippen LogP contribution in [0.25, 0.3) is 10.9 Å². The molecule has 1 aliphatic rings. The van der Waals surface area contributed by atoms with Crippen LogP contribution >= 0.6 is 22.9 Å². The molecular formula is C19H16ClN3O3S. The van der Waals surface area contributed by atoms with Crippen molar-refractivity contribution in [2.45, 2.75) is 18.9 Å². The van der Waals surface area contributed by atoms with E-state index < -0.39 is 0 Å². The number of benzene rings is 1. The summed E-state index contributed by atoms with van der Waals surface area (Å²) in [4.78, 5) is 28.8. The van der Waals surface area contributed by atoms with E-state index in [0.717, 1.165) is 18.2 Å². The van der Waals surface area contributed by atoms with E-state index >= 15 is 0 Å². The van der Waals surface area contributed by atoms with Crippen molar-refractivity contribution in [3.63, 3.8) is 0 Å². The van der Waals surface area contributed by atoms with Gasteiger partial charge in [-0.05, 0) is 48.6 Å². The van der Waals surface area contributed by atoms with E-state index in [1.54, 1.807) is 35.8 Å². The van der Waals surface area contributed by atoms with Gasteiger partial charge in [-0.3, -0.25) is 14.6 Å². The van der Waals surface area contributed by atoms with E-state index in [-0.39, 0.29) is 24.5 Å². The molecule has 0 saturated heterocycles. The molecule has 6 nitrogen and oxygen atoms in total. The zero-order valence-electron chi connectivity index (χ0n) is 14.2. The molecule has 27 heavy (non-hydrogen) atoms. The lowest BCUT2D eigenvalue weighted by molar-refractivity contribution is -0.118. The molecule has 138 valence electrons. The Morgan fingerprint density at radius 1 is 1.26 bits per heavy atom. The van der Waals surface area contributed by atoms with Gasteiger partial charge in [-0.15, -0.1) is 11.3 Å². The highest BCUT2D eigenvalue weighted by molar-refractivity contribution is 7.14. The molecule has 1 aromatic carbocycles. The second-order valence-electron chi connectivity index (χ2n) is 6.19. The summed E-state index contributed by atoms with van der Waals surface area (Å²) >= 11 is 7.46. The van der Waals surface area contributed by atoms with Crippen LogP contribution in [0.1, 0.15) is 23.2 Å². The van der Waals surface area contributed by atoms with Gasteiger partial charge in [0.2, 0.25) is 0 Å². The van der Waals surface area contributed by atoms with Crippen LogP contribution in [0, 0.1) is 0 Å². The molecule has 2 amide bonds. The van der Waals surface area contributed by atoms with Crippen molar-refractivity contribution in [2.75, 3.05) is 11.9 Å². The van der Waals surface area contributed by atoms with Gasteiger partial charge in [0.15, 0.2) is 6.61 Å².